The van der Waals surface area contributed by atoms with E-state index in [0.29, 0.717) is 0 Å². The summed E-state index contributed by atoms with van der Waals surface area (Å²) in [6.07, 6.45) is 0. The number of hydrogen-bond donors (Lipinski definition) is 0. The van der Waals surface area contributed by atoms with Crippen LogP contribution in [0, 0.1) is 0 Å². The second-order valence-corrected chi connectivity index (χ2v) is 14.3. The van der Waals surface area contributed by atoms with Gasteiger partial charge in [-0.1, -0.05) is 133 Å². The number of rotatable bonds is 5. The van der Waals surface area contributed by atoms with Crippen LogP contribution < -0.4 is 0 Å². The Balaban J connectivity index is 1.10. The molecule has 4 aromatic heterocycles. The topological polar surface area (TPSA) is 53.7 Å². The molecule has 8 aromatic carbocycles. The second kappa shape index (κ2) is 11.9. The number of furan rings is 1. The largest absolute Gasteiger partial charge is 0.456 e. The molecular weight excluding hydrogens is 687 g/mol. The van der Waals surface area contributed by atoms with Crippen LogP contribution >= 0.6 is 0 Å². The molecule has 0 bridgehead atoms. The van der Waals surface area contributed by atoms with E-state index in [9.17, 15) is 0 Å². The second-order valence-electron chi connectivity index (χ2n) is 14.3. The third kappa shape index (κ3) is 4.38. The van der Waals surface area contributed by atoms with Crippen molar-refractivity contribution in [1.29, 1.82) is 0 Å². The fourth-order valence-electron chi connectivity index (χ4n) is 8.87. The molecule has 12 aromatic rings. The summed E-state index contributed by atoms with van der Waals surface area (Å²) < 4.78 is 13.1. The Morgan fingerprint density at radius 3 is 1.70 bits per heavy atom. The summed E-state index contributed by atoms with van der Waals surface area (Å²) in [5.74, 6) is 0. The normalized spacial score (nSPS) is 11.9. The fraction of sp³-hybridized carbons (Fsp3) is 0. The smallest absolute Gasteiger partial charge is 0.136 e. The quantitative estimate of drug-likeness (QED) is 0.178. The summed E-state index contributed by atoms with van der Waals surface area (Å²) in [4.78, 5) is 0. The zero-order chi connectivity index (χ0) is 36.7. The third-order valence-electron chi connectivity index (χ3n) is 11.2. The Morgan fingerprint density at radius 2 is 0.964 bits per heavy atom. The zero-order valence-electron chi connectivity index (χ0n) is 30.0. The van der Waals surface area contributed by atoms with Crippen molar-refractivity contribution >= 4 is 65.6 Å². The number of hydrogen-bond acceptors (Lipinski definition) is 3. The molecule has 0 aliphatic heterocycles. The van der Waals surface area contributed by atoms with Crippen LogP contribution in [0.3, 0.4) is 0 Å². The molecule has 0 aliphatic rings. The molecule has 0 spiro atoms. The van der Waals surface area contributed by atoms with Crippen LogP contribution in [0.5, 0.6) is 0 Å². The van der Waals surface area contributed by atoms with E-state index in [4.69, 9.17) is 14.7 Å². The minimum Gasteiger partial charge on any atom is -0.456 e. The van der Waals surface area contributed by atoms with Crippen molar-refractivity contribution < 1.29 is 4.42 Å². The van der Waals surface area contributed by atoms with Gasteiger partial charge in [0.1, 0.15) is 22.6 Å². The summed E-state index contributed by atoms with van der Waals surface area (Å²) in [7, 11) is 0. The summed E-state index contributed by atoms with van der Waals surface area (Å²) in [5, 5.41) is 16.6. The van der Waals surface area contributed by atoms with Crippen molar-refractivity contribution in [2.45, 2.75) is 0 Å². The number of para-hydroxylation sites is 3. The highest BCUT2D eigenvalue weighted by Gasteiger charge is 2.23. The number of benzene rings is 8. The van der Waals surface area contributed by atoms with E-state index >= 15 is 0 Å². The first-order valence-electron chi connectivity index (χ1n) is 18.9. The molecule has 12 rings (SSSR count). The van der Waals surface area contributed by atoms with Gasteiger partial charge in [0.2, 0.25) is 0 Å². The van der Waals surface area contributed by atoms with Crippen molar-refractivity contribution in [2.24, 2.45) is 0 Å². The van der Waals surface area contributed by atoms with E-state index in [1.165, 1.54) is 10.8 Å². The van der Waals surface area contributed by atoms with Crippen molar-refractivity contribution in [3.05, 3.63) is 188 Å². The van der Waals surface area contributed by atoms with Gasteiger partial charge in [0.25, 0.3) is 0 Å². The molecule has 6 nitrogen and oxygen atoms in total. The van der Waals surface area contributed by atoms with Crippen molar-refractivity contribution in [3.8, 4) is 39.6 Å². The molecule has 0 saturated heterocycles. The standard InChI is InChI=1S/C50H31N5O/c1-3-15-32(16-4-1)49-50(33-17-5-2-6-18-33)55(52-51-49)43-27-14-26-41-46(43)36-21-7-10-24-39(36)53(41)34-19-13-20-35(31-34)54-40-25-11-8-22-37(40)47-42(54)29-30-45-48(47)38-23-9-12-28-44(38)56-45/h1-31H. The molecule has 6 heteroatoms. The maximum Gasteiger partial charge on any atom is 0.136 e. The van der Waals surface area contributed by atoms with Gasteiger partial charge < -0.3 is 13.6 Å². The Labute approximate surface area is 320 Å². The molecule has 0 atom stereocenters. The minimum atomic E-state index is 0.845. The Hall–Kier alpha value is -7.70. The van der Waals surface area contributed by atoms with Gasteiger partial charge >= 0.3 is 0 Å². The van der Waals surface area contributed by atoms with Gasteiger partial charge in [0.15, 0.2) is 0 Å². The van der Waals surface area contributed by atoms with Crippen LogP contribution in [0.25, 0.3) is 105 Å². The lowest BCUT2D eigenvalue weighted by atomic mass is 10.0. The zero-order valence-corrected chi connectivity index (χ0v) is 30.0. The Morgan fingerprint density at radius 1 is 0.393 bits per heavy atom. The molecule has 0 aliphatic carbocycles. The van der Waals surface area contributed by atoms with Gasteiger partial charge in [0, 0.05) is 54.8 Å². The van der Waals surface area contributed by atoms with Crippen molar-refractivity contribution in [2.75, 3.05) is 0 Å². The fourth-order valence-corrected chi connectivity index (χ4v) is 8.87. The van der Waals surface area contributed by atoms with Gasteiger partial charge in [0.05, 0.1) is 27.8 Å². The van der Waals surface area contributed by atoms with Crippen LogP contribution in [0.15, 0.2) is 192 Å². The van der Waals surface area contributed by atoms with Crippen LogP contribution in [0.2, 0.25) is 0 Å². The van der Waals surface area contributed by atoms with Gasteiger partial charge in [-0.25, -0.2) is 4.68 Å². The van der Waals surface area contributed by atoms with Gasteiger partial charge in [-0.15, -0.1) is 5.10 Å². The lowest BCUT2D eigenvalue weighted by Crippen LogP contribution is -2.01. The minimum absolute atomic E-state index is 0.845. The van der Waals surface area contributed by atoms with Crippen LogP contribution in [-0.4, -0.2) is 24.1 Å². The van der Waals surface area contributed by atoms with E-state index in [1.807, 2.05) is 35.0 Å². The average molecular weight is 718 g/mol. The third-order valence-corrected chi connectivity index (χ3v) is 11.2. The number of nitrogens with zero attached hydrogens (tertiary/aromatic N) is 5. The van der Waals surface area contributed by atoms with Gasteiger partial charge in [-0.3, -0.25) is 0 Å². The molecular formula is C50H31N5O. The number of fused-ring (bicyclic) bond motifs is 10. The first kappa shape index (κ1) is 30.7. The highest BCUT2D eigenvalue weighted by molar-refractivity contribution is 6.27. The average Bonchev–Trinajstić information content (AvgIpc) is 4.03. The maximum absolute atomic E-state index is 6.35. The van der Waals surface area contributed by atoms with E-state index in [-0.39, 0.29) is 0 Å². The first-order chi connectivity index (χ1) is 27.8. The molecule has 0 amide bonds. The van der Waals surface area contributed by atoms with Crippen molar-refractivity contribution in [3.63, 3.8) is 0 Å². The maximum atomic E-state index is 6.35. The molecule has 262 valence electrons. The molecule has 0 saturated carbocycles. The Kier molecular flexibility index (Phi) is 6.53. The number of aromatic nitrogens is 5. The highest BCUT2D eigenvalue weighted by atomic mass is 16.3. The summed E-state index contributed by atoms with van der Waals surface area (Å²) in [6, 6.07) is 66.1. The summed E-state index contributed by atoms with van der Waals surface area (Å²) in [5.41, 5.74) is 13.3. The van der Waals surface area contributed by atoms with E-state index < -0.39 is 0 Å². The predicted octanol–water partition coefficient (Wildman–Crippen LogP) is 12.7. The van der Waals surface area contributed by atoms with E-state index in [0.717, 1.165) is 94.4 Å². The lowest BCUT2D eigenvalue weighted by molar-refractivity contribution is 0.669. The van der Waals surface area contributed by atoms with Crippen LogP contribution in [0.4, 0.5) is 0 Å². The SMILES string of the molecule is c1ccc(-c2nnn(-c3cccc4c3c3ccccc3n4-c3cccc(-n4c5ccccc5c5c6c(ccc54)oc4ccccc46)c3)c2-c2ccccc2)cc1. The first-order valence-corrected chi connectivity index (χ1v) is 18.9. The van der Waals surface area contributed by atoms with Gasteiger partial charge in [-0.05, 0) is 60.7 Å². The predicted molar refractivity (Wildman–Crippen MR) is 228 cm³/mol. The molecule has 56 heavy (non-hydrogen) atoms. The lowest BCUT2D eigenvalue weighted by Gasteiger charge is -2.13. The monoisotopic (exact) mass is 717 g/mol. The van der Waals surface area contributed by atoms with Gasteiger partial charge in [-0.2, -0.15) is 0 Å². The molecule has 0 unspecified atom stereocenters. The van der Waals surface area contributed by atoms with Crippen LogP contribution in [-0.2, 0) is 0 Å². The van der Waals surface area contributed by atoms with E-state index in [1.54, 1.807) is 0 Å². The summed E-state index contributed by atoms with van der Waals surface area (Å²) >= 11 is 0. The molecule has 0 radical (unpaired) electrons. The molecule has 4 heterocycles. The van der Waals surface area contributed by atoms with Crippen molar-refractivity contribution in [1.82, 2.24) is 24.1 Å². The van der Waals surface area contributed by atoms with E-state index in [2.05, 4.69) is 167 Å². The van der Waals surface area contributed by atoms with Crippen LogP contribution in [0.1, 0.15) is 0 Å². The molecule has 0 fully saturated rings. The summed E-state index contributed by atoms with van der Waals surface area (Å²) in [6.45, 7) is 0. The molecule has 0 N–H and O–H groups in total. The Bertz CT molecular complexity index is 3480. The highest BCUT2D eigenvalue weighted by Crippen LogP contribution is 2.43.